The fourth-order valence-corrected chi connectivity index (χ4v) is 3.28. The van der Waals surface area contributed by atoms with Gasteiger partial charge in [-0.05, 0) is 55.0 Å². The summed E-state index contributed by atoms with van der Waals surface area (Å²) in [6.07, 6.45) is 3.26. The zero-order valence-electron chi connectivity index (χ0n) is 15.9. The molecule has 4 nitrogen and oxygen atoms in total. The standard InChI is InChI=1S/C22H28N2O2/c1-4-18-7-5-6-16(2)22(18)23-21(25)15-24(19-10-11-19)14-17-8-12-20(26-3)13-9-17/h5-9,12-13,19H,4,10-11,14-15H2,1-3H3,(H,23,25). The number of nitrogens with one attached hydrogen (secondary N) is 1. The molecule has 0 aliphatic heterocycles. The van der Waals surface area contributed by atoms with Gasteiger partial charge in [-0.2, -0.15) is 0 Å². The number of aryl methyl sites for hydroxylation is 2. The van der Waals surface area contributed by atoms with Crippen LogP contribution in [0.25, 0.3) is 0 Å². The number of anilines is 1. The average Bonchev–Trinajstić information content (AvgIpc) is 3.48. The van der Waals surface area contributed by atoms with Gasteiger partial charge >= 0.3 is 0 Å². The van der Waals surface area contributed by atoms with Crippen molar-refractivity contribution in [2.24, 2.45) is 0 Å². The highest BCUT2D eigenvalue weighted by molar-refractivity contribution is 5.93. The van der Waals surface area contributed by atoms with E-state index in [2.05, 4.69) is 35.3 Å². The predicted molar refractivity (Wildman–Crippen MR) is 106 cm³/mol. The second kappa shape index (κ2) is 8.37. The number of carbonyl (C=O) groups is 1. The molecule has 0 unspecified atom stereocenters. The molecule has 0 spiro atoms. The van der Waals surface area contributed by atoms with Gasteiger partial charge in [-0.1, -0.05) is 37.3 Å². The molecule has 1 N–H and O–H groups in total. The van der Waals surface area contributed by atoms with Gasteiger partial charge in [-0.25, -0.2) is 0 Å². The molecule has 2 aromatic rings. The molecule has 26 heavy (non-hydrogen) atoms. The topological polar surface area (TPSA) is 41.6 Å². The Balaban J connectivity index is 1.65. The third kappa shape index (κ3) is 4.64. The highest BCUT2D eigenvalue weighted by atomic mass is 16.5. The molecule has 1 aliphatic rings. The molecule has 138 valence electrons. The van der Waals surface area contributed by atoms with E-state index in [4.69, 9.17) is 4.74 Å². The Morgan fingerprint density at radius 1 is 1.19 bits per heavy atom. The molecular weight excluding hydrogens is 324 g/mol. The quantitative estimate of drug-likeness (QED) is 0.775. The molecule has 1 amide bonds. The van der Waals surface area contributed by atoms with Crippen LogP contribution in [0, 0.1) is 6.92 Å². The SMILES string of the molecule is CCc1cccc(C)c1NC(=O)CN(Cc1ccc(OC)cc1)C1CC1. The van der Waals surface area contributed by atoms with Crippen LogP contribution in [0.3, 0.4) is 0 Å². The van der Waals surface area contributed by atoms with Crippen LogP contribution in [0.2, 0.25) is 0 Å². The Labute approximate surface area is 156 Å². The van der Waals surface area contributed by atoms with Gasteiger partial charge in [0.25, 0.3) is 0 Å². The van der Waals surface area contributed by atoms with E-state index in [1.54, 1.807) is 7.11 Å². The fourth-order valence-electron chi connectivity index (χ4n) is 3.28. The van der Waals surface area contributed by atoms with Crippen molar-refractivity contribution in [2.45, 2.75) is 45.7 Å². The monoisotopic (exact) mass is 352 g/mol. The molecule has 0 saturated heterocycles. The molecular formula is C22H28N2O2. The van der Waals surface area contributed by atoms with Gasteiger partial charge < -0.3 is 10.1 Å². The summed E-state index contributed by atoms with van der Waals surface area (Å²) in [6.45, 7) is 5.38. The maximum atomic E-state index is 12.7. The smallest absolute Gasteiger partial charge is 0.238 e. The Kier molecular flexibility index (Phi) is 5.94. The van der Waals surface area contributed by atoms with Gasteiger partial charge in [0.1, 0.15) is 5.75 Å². The van der Waals surface area contributed by atoms with Crippen LogP contribution in [0.1, 0.15) is 36.5 Å². The van der Waals surface area contributed by atoms with E-state index in [9.17, 15) is 4.79 Å². The number of rotatable bonds is 8. The predicted octanol–water partition coefficient (Wildman–Crippen LogP) is 4.17. The first-order chi connectivity index (χ1) is 12.6. The molecule has 3 rings (SSSR count). The van der Waals surface area contributed by atoms with E-state index in [1.165, 1.54) is 24.0 Å². The summed E-state index contributed by atoms with van der Waals surface area (Å²) in [5.41, 5.74) is 4.48. The van der Waals surface area contributed by atoms with E-state index in [-0.39, 0.29) is 5.91 Å². The highest BCUT2D eigenvalue weighted by Gasteiger charge is 2.30. The van der Waals surface area contributed by atoms with Crippen molar-refractivity contribution in [3.8, 4) is 5.75 Å². The molecule has 0 heterocycles. The summed E-state index contributed by atoms with van der Waals surface area (Å²) in [4.78, 5) is 15.0. The molecule has 4 heteroatoms. The number of benzene rings is 2. The third-order valence-corrected chi connectivity index (χ3v) is 4.96. The maximum absolute atomic E-state index is 12.7. The van der Waals surface area contributed by atoms with Gasteiger partial charge in [0, 0.05) is 18.3 Å². The minimum Gasteiger partial charge on any atom is -0.497 e. The first kappa shape index (κ1) is 18.5. The van der Waals surface area contributed by atoms with Crippen LogP contribution >= 0.6 is 0 Å². The number of carbonyl (C=O) groups excluding carboxylic acids is 1. The maximum Gasteiger partial charge on any atom is 0.238 e. The highest BCUT2D eigenvalue weighted by Crippen LogP contribution is 2.29. The van der Waals surface area contributed by atoms with Crippen molar-refractivity contribution in [3.05, 3.63) is 59.2 Å². The van der Waals surface area contributed by atoms with Gasteiger partial charge in [0.2, 0.25) is 5.91 Å². The van der Waals surface area contributed by atoms with Crippen LogP contribution in [-0.4, -0.2) is 30.5 Å². The lowest BCUT2D eigenvalue weighted by atomic mass is 10.1. The van der Waals surface area contributed by atoms with E-state index in [0.29, 0.717) is 12.6 Å². The van der Waals surface area contributed by atoms with Gasteiger partial charge in [-0.3, -0.25) is 9.69 Å². The Morgan fingerprint density at radius 2 is 1.92 bits per heavy atom. The van der Waals surface area contributed by atoms with Crippen LogP contribution in [0.5, 0.6) is 5.75 Å². The second-order valence-electron chi connectivity index (χ2n) is 6.99. The largest absolute Gasteiger partial charge is 0.497 e. The summed E-state index contributed by atoms with van der Waals surface area (Å²) >= 11 is 0. The Morgan fingerprint density at radius 3 is 2.54 bits per heavy atom. The van der Waals surface area contributed by atoms with Crippen LogP contribution in [0.15, 0.2) is 42.5 Å². The Bertz CT molecular complexity index is 751. The van der Waals surface area contributed by atoms with E-state index < -0.39 is 0 Å². The summed E-state index contributed by atoms with van der Waals surface area (Å²) in [5, 5.41) is 3.15. The minimum atomic E-state index is 0.0643. The van der Waals surface area contributed by atoms with Crippen molar-refractivity contribution in [1.82, 2.24) is 4.90 Å². The summed E-state index contributed by atoms with van der Waals surface area (Å²) in [5.74, 6) is 0.922. The van der Waals surface area contributed by atoms with Crippen LogP contribution < -0.4 is 10.1 Å². The van der Waals surface area contributed by atoms with Crippen molar-refractivity contribution in [3.63, 3.8) is 0 Å². The second-order valence-corrected chi connectivity index (χ2v) is 6.99. The van der Waals surface area contributed by atoms with Crippen LogP contribution in [0.4, 0.5) is 5.69 Å². The molecule has 0 aromatic heterocycles. The molecule has 0 radical (unpaired) electrons. The number of ether oxygens (including phenoxy) is 1. The first-order valence-electron chi connectivity index (χ1n) is 9.36. The lowest BCUT2D eigenvalue weighted by Crippen LogP contribution is -2.34. The van der Waals surface area contributed by atoms with E-state index in [0.717, 1.165) is 30.0 Å². The fraction of sp³-hybridized carbons (Fsp3) is 0.409. The van der Waals surface area contributed by atoms with Crippen LogP contribution in [-0.2, 0) is 17.8 Å². The number of nitrogens with zero attached hydrogens (tertiary/aromatic N) is 1. The lowest BCUT2D eigenvalue weighted by molar-refractivity contribution is -0.117. The van der Waals surface area contributed by atoms with E-state index >= 15 is 0 Å². The number of hydrogen-bond donors (Lipinski definition) is 1. The normalized spacial score (nSPS) is 13.7. The Hall–Kier alpha value is -2.33. The molecule has 0 bridgehead atoms. The van der Waals surface area contributed by atoms with Crippen molar-refractivity contribution < 1.29 is 9.53 Å². The minimum absolute atomic E-state index is 0.0643. The number of hydrogen-bond acceptors (Lipinski definition) is 3. The van der Waals surface area contributed by atoms with Crippen molar-refractivity contribution >= 4 is 11.6 Å². The van der Waals surface area contributed by atoms with E-state index in [1.807, 2.05) is 31.2 Å². The lowest BCUT2D eigenvalue weighted by Gasteiger charge is -2.22. The molecule has 0 atom stereocenters. The number of para-hydroxylation sites is 1. The van der Waals surface area contributed by atoms with Gasteiger partial charge in [0.05, 0.1) is 13.7 Å². The zero-order chi connectivity index (χ0) is 18.5. The van der Waals surface area contributed by atoms with Gasteiger partial charge in [-0.15, -0.1) is 0 Å². The van der Waals surface area contributed by atoms with Gasteiger partial charge in [0.15, 0.2) is 0 Å². The number of amides is 1. The molecule has 1 fully saturated rings. The number of methoxy groups -OCH3 is 1. The van der Waals surface area contributed by atoms with Crippen molar-refractivity contribution in [1.29, 1.82) is 0 Å². The average molecular weight is 352 g/mol. The summed E-state index contributed by atoms with van der Waals surface area (Å²) in [7, 11) is 1.67. The first-order valence-corrected chi connectivity index (χ1v) is 9.36. The molecule has 1 aliphatic carbocycles. The molecule has 1 saturated carbocycles. The summed E-state index contributed by atoms with van der Waals surface area (Å²) < 4.78 is 5.22. The van der Waals surface area contributed by atoms with Crippen molar-refractivity contribution in [2.75, 3.05) is 19.0 Å². The zero-order valence-corrected chi connectivity index (χ0v) is 15.9. The summed E-state index contributed by atoms with van der Waals surface area (Å²) in [6, 6.07) is 14.8. The molecule has 2 aromatic carbocycles. The third-order valence-electron chi connectivity index (χ3n) is 4.96.